The number of anilines is 3. The van der Waals surface area contributed by atoms with Crippen molar-refractivity contribution in [3.8, 4) is 11.3 Å². The summed E-state index contributed by atoms with van der Waals surface area (Å²) in [6.07, 6.45) is 0.0288. The van der Waals surface area contributed by atoms with E-state index in [1.807, 2.05) is 0 Å². The molecule has 0 saturated heterocycles. The van der Waals surface area contributed by atoms with E-state index >= 15 is 0 Å². The monoisotopic (exact) mass is 431 g/mol. The Bertz CT molecular complexity index is 982. The van der Waals surface area contributed by atoms with E-state index in [2.05, 4.69) is 41.7 Å². The SMILES string of the molecule is Nc1cccc(CC(=O)NNc2nc(N)nc(-c3ccc(F)cc3)c2Br)n1. The number of benzene rings is 1. The summed E-state index contributed by atoms with van der Waals surface area (Å²) in [4.78, 5) is 24.4. The van der Waals surface area contributed by atoms with Gasteiger partial charge in [-0.3, -0.25) is 15.6 Å². The number of nitrogens with one attached hydrogen (secondary N) is 2. The first-order valence-electron chi connectivity index (χ1n) is 7.77. The fourth-order valence-corrected chi connectivity index (χ4v) is 2.79. The molecular formula is C17H15BrFN7O. The van der Waals surface area contributed by atoms with Gasteiger partial charge in [-0.15, -0.1) is 0 Å². The lowest BCUT2D eigenvalue weighted by Crippen LogP contribution is -2.31. The van der Waals surface area contributed by atoms with Gasteiger partial charge in [0.15, 0.2) is 5.82 Å². The molecule has 0 atom stereocenters. The highest BCUT2D eigenvalue weighted by Crippen LogP contribution is 2.31. The first kappa shape index (κ1) is 18.5. The zero-order valence-electron chi connectivity index (χ0n) is 13.9. The molecular weight excluding hydrogens is 417 g/mol. The summed E-state index contributed by atoms with van der Waals surface area (Å²) in [6, 6.07) is 10.8. The van der Waals surface area contributed by atoms with Crippen LogP contribution in [0.4, 0.5) is 22.0 Å². The molecule has 1 aromatic carbocycles. The number of nitrogens with zero attached hydrogens (tertiary/aromatic N) is 3. The van der Waals surface area contributed by atoms with Crippen molar-refractivity contribution in [3.63, 3.8) is 0 Å². The normalized spacial score (nSPS) is 10.4. The molecule has 0 fully saturated rings. The van der Waals surface area contributed by atoms with Crippen molar-refractivity contribution in [3.05, 3.63) is 58.4 Å². The Morgan fingerprint density at radius 1 is 1.07 bits per heavy atom. The molecule has 0 saturated carbocycles. The summed E-state index contributed by atoms with van der Waals surface area (Å²) in [5.41, 5.74) is 18.2. The third-order valence-electron chi connectivity index (χ3n) is 3.48. The number of aromatic nitrogens is 3. The average Bonchev–Trinajstić information content (AvgIpc) is 2.63. The third-order valence-corrected chi connectivity index (χ3v) is 4.23. The Morgan fingerprint density at radius 3 is 2.52 bits per heavy atom. The van der Waals surface area contributed by atoms with E-state index in [1.54, 1.807) is 30.3 Å². The Hall–Kier alpha value is -3.27. The molecule has 8 nitrogen and oxygen atoms in total. The van der Waals surface area contributed by atoms with E-state index in [1.165, 1.54) is 12.1 Å². The number of nitrogens with two attached hydrogens (primary N) is 2. The maximum atomic E-state index is 13.1. The van der Waals surface area contributed by atoms with Gasteiger partial charge in [-0.25, -0.2) is 14.4 Å². The van der Waals surface area contributed by atoms with Crippen LogP contribution in [0.2, 0.25) is 0 Å². The number of halogens is 2. The van der Waals surface area contributed by atoms with Gasteiger partial charge in [0.1, 0.15) is 11.6 Å². The van der Waals surface area contributed by atoms with E-state index in [9.17, 15) is 9.18 Å². The summed E-state index contributed by atoms with van der Waals surface area (Å²) in [7, 11) is 0. The molecule has 2 heterocycles. The van der Waals surface area contributed by atoms with Crippen LogP contribution in [-0.2, 0) is 11.2 Å². The summed E-state index contributed by atoms with van der Waals surface area (Å²) in [5.74, 6) is -0.121. The lowest BCUT2D eigenvalue weighted by molar-refractivity contribution is -0.120. The highest BCUT2D eigenvalue weighted by Gasteiger charge is 2.14. The van der Waals surface area contributed by atoms with Gasteiger partial charge in [-0.2, -0.15) is 4.98 Å². The van der Waals surface area contributed by atoms with Gasteiger partial charge in [-0.05, 0) is 52.3 Å². The number of hydrogen-bond donors (Lipinski definition) is 4. The summed E-state index contributed by atoms with van der Waals surface area (Å²) >= 11 is 3.38. The van der Waals surface area contributed by atoms with Crippen molar-refractivity contribution in [2.24, 2.45) is 0 Å². The van der Waals surface area contributed by atoms with Crippen molar-refractivity contribution in [2.45, 2.75) is 6.42 Å². The lowest BCUT2D eigenvalue weighted by Gasteiger charge is -2.12. The van der Waals surface area contributed by atoms with Gasteiger partial charge in [0.05, 0.1) is 22.3 Å². The minimum atomic E-state index is -0.363. The standard InChI is InChI=1S/C17H15BrFN7O/c18-14-15(9-4-6-10(19)7-5-9)23-17(21)24-16(14)26-25-13(27)8-11-2-1-3-12(20)22-11/h1-7H,8H2,(H2,20,22)(H,25,27)(H3,21,23,24,26). The Kier molecular flexibility index (Phi) is 5.46. The summed E-state index contributed by atoms with van der Waals surface area (Å²) in [5, 5.41) is 0. The van der Waals surface area contributed by atoms with Crippen molar-refractivity contribution < 1.29 is 9.18 Å². The second-order valence-corrected chi connectivity index (χ2v) is 6.30. The second-order valence-electron chi connectivity index (χ2n) is 5.50. The van der Waals surface area contributed by atoms with E-state index in [0.717, 1.165) is 0 Å². The zero-order chi connectivity index (χ0) is 19.4. The van der Waals surface area contributed by atoms with Gasteiger partial charge in [0.25, 0.3) is 0 Å². The van der Waals surface area contributed by atoms with Gasteiger partial charge >= 0.3 is 0 Å². The molecule has 6 N–H and O–H groups in total. The minimum Gasteiger partial charge on any atom is -0.384 e. The smallest absolute Gasteiger partial charge is 0.244 e. The first-order chi connectivity index (χ1) is 12.9. The molecule has 0 aliphatic heterocycles. The van der Waals surface area contributed by atoms with Gasteiger partial charge < -0.3 is 11.5 Å². The van der Waals surface area contributed by atoms with Crippen LogP contribution in [0, 0.1) is 5.82 Å². The van der Waals surface area contributed by atoms with Crippen LogP contribution in [0.25, 0.3) is 11.3 Å². The van der Waals surface area contributed by atoms with E-state index < -0.39 is 0 Å². The van der Waals surface area contributed by atoms with Crippen molar-refractivity contribution in [1.82, 2.24) is 20.4 Å². The predicted octanol–water partition coefficient (Wildman–Crippen LogP) is 2.29. The van der Waals surface area contributed by atoms with Crippen LogP contribution in [0.3, 0.4) is 0 Å². The van der Waals surface area contributed by atoms with Crippen LogP contribution in [-0.4, -0.2) is 20.9 Å². The highest BCUT2D eigenvalue weighted by atomic mass is 79.9. The first-order valence-corrected chi connectivity index (χ1v) is 8.57. The largest absolute Gasteiger partial charge is 0.384 e. The molecule has 3 rings (SSSR count). The Balaban J connectivity index is 1.75. The summed E-state index contributed by atoms with van der Waals surface area (Å²) in [6.45, 7) is 0. The maximum absolute atomic E-state index is 13.1. The number of hydrazine groups is 1. The van der Waals surface area contributed by atoms with Crippen LogP contribution >= 0.6 is 15.9 Å². The maximum Gasteiger partial charge on any atom is 0.244 e. The number of carbonyl (C=O) groups excluding carboxylic acids is 1. The van der Waals surface area contributed by atoms with Gasteiger partial charge in [0.2, 0.25) is 11.9 Å². The molecule has 0 unspecified atom stereocenters. The number of pyridine rings is 1. The van der Waals surface area contributed by atoms with Crippen molar-refractivity contribution in [1.29, 1.82) is 0 Å². The zero-order valence-corrected chi connectivity index (χ0v) is 15.5. The quantitative estimate of drug-likeness (QED) is 0.455. The number of amides is 1. The molecule has 0 spiro atoms. The molecule has 2 aromatic heterocycles. The molecule has 10 heteroatoms. The highest BCUT2D eigenvalue weighted by molar-refractivity contribution is 9.10. The van der Waals surface area contributed by atoms with Crippen molar-refractivity contribution in [2.75, 3.05) is 16.9 Å². The van der Waals surface area contributed by atoms with E-state index in [0.29, 0.717) is 27.2 Å². The van der Waals surface area contributed by atoms with Crippen LogP contribution < -0.4 is 22.3 Å². The van der Waals surface area contributed by atoms with Crippen LogP contribution in [0.1, 0.15) is 5.69 Å². The van der Waals surface area contributed by atoms with E-state index in [4.69, 9.17) is 11.5 Å². The number of hydrogen-bond acceptors (Lipinski definition) is 7. The minimum absolute atomic E-state index is 0.00762. The van der Waals surface area contributed by atoms with E-state index in [-0.39, 0.29) is 29.9 Å². The lowest BCUT2D eigenvalue weighted by atomic mass is 10.1. The molecule has 3 aromatic rings. The molecule has 0 aliphatic carbocycles. The van der Waals surface area contributed by atoms with Gasteiger partial charge in [-0.1, -0.05) is 6.07 Å². The molecule has 0 bridgehead atoms. The Morgan fingerprint density at radius 2 is 1.81 bits per heavy atom. The average molecular weight is 432 g/mol. The second kappa shape index (κ2) is 7.96. The fraction of sp³-hybridized carbons (Fsp3) is 0.0588. The van der Waals surface area contributed by atoms with Crippen LogP contribution in [0.15, 0.2) is 46.9 Å². The number of rotatable bonds is 5. The van der Waals surface area contributed by atoms with Crippen LogP contribution in [0.5, 0.6) is 0 Å². The molecule has 27 heavy (non-hydrogen) atoms. The van der Waals surface area contributed by atoms with Crippen molar-refractivity contribution >= 4 is 39.4 Å². The Labute approximate surface area is 162 Å². The fourth-order valence-electron chi connectivity index (χ4n) is 2.28. The molecule has 138 valence electrons. The number of nitrogen functional groups attached to an aromatic ring is 2. The molecule has 0 aliphatic rings. The summed E-state index contributed by atoms with van der Waals surface area (Å²) < 4.78 is 13.6. The third kappa shape index (κ3) is 4.67. The molecule has 1 amide bonds. The predicted molar refractivity (Wildman–Crippen MR) is 104 cm³/mol. The number of carbonyl (C=O) groups is 1. The van der Waals surface area contributed by atoms with Gasteiger partial charge in [0, 0.05) is 5.56 Å². The molecule has 0 radical (unpaired) electrons. The topological polar surface area (TPSA) is 132 Å².